The molecule has 2 aliphatic rings. The maximum Gasteiger partial charge on any atom is 0.0713 e. The van der Waals surface area contributed by atoms with E-state index >= 15 is 0 Å². The van der Waals surface area contributed by atoms with Crippen molar-refractivity contribution >= 4 is 10.8 Å². The van der Waals surface area contributed by atoms with E-state index < -0.39 is 0 Å². The van der Waals surface area contributed by atoms with Crippen molar-refractivity contribution in [3.63, 3.8) is 0 Å². The summed E-state index contributed by atoms with van der Waals surface area (Å²) in [6, 6.07) is 196. The van der Waals surface area contributed by atoms with Crippen LogP contribution in [-0.2, 0) is 16.2 Å². The molecule has 0 heterocycles. The smallest absolute Gasteiger partial charge is 0.0622 e. The van der Waals surface area contributed by atoms with Crippen LogP contribution in [0.5, 0.6) is 0 Å². The largest absolute Gasteiger partial charge is 0.0713 e. The van der Waals surface area contributed by atoms with Crippen LogP contribution in [0.15, 0.2) is 552 Å². The molecule has 0 heteroatoms. The first-order valence-electron chi connectivity index (χ1n) is 51.2. The third-order valence-corrected chi connectivity index (χ3v) is 28.4. The van der Waals surface area contributed by atoms with Gasteiger partial charge in [-0.3, -0.25) is 0 Å². The number of benzene rings is 22. The van der Waals surface area contributed by atoms with Crippen molar-refractivity contribution in [3.8, 4) is 122 Å². The molecule has 0 fully saturated rings. The number of hydrogen-bond acceptors (Lipinski definition) is 0. The molecule has 0 amide bonds. The zero-order valence-corrected chi connectivity index (χ0v) is 86.5. The second kappa shape index (κ2) is 47.3. The van der Waals surface area contributed by atoms with E-state index in [0.717, 1.165) is 0 Å². The first-order valence-corrected chi connectivity index (χ1v) is 51.2. The van der Waals surface area contributed by atoms with Gasteiger partial charge in [0.2, 0.25) is 0 Å². The molecule has 2 aliphatic carbocycles. The SMILES string of the molecule is Cc1cc(-c2ccccc2)ccc1-c1ccccc1.Cc1ccc(-c2ccccc2)cc1-c1ccccc1.Cc1ccc2ccccc2c1-c1ccccc1.Cc1cccc2c1-c1ccccc1C2(C)C.Cc1cccc2c1-c1ccccc1C2(c1ccccc1)c1ccccc1.Cc1ccccc1-c1ccc(-c2ccccc2)cc1.Cc1ccccc1-c1ccc(C(C)(C)C)cc1.Cc1ccccc1-c1ccccc1. The Kier molecular flexibility index (Phi) is 32.6. The minimum atomic E-state index is -0.263. The molecule has 0 bridgehead atoms. The summed E-state index contributed by atoms with van der Waals surface area (Å²) in [5.74, 6) is 0. The number of fused-ring (bicyclic) bond motifs is 7. The minimum absolute atomic E-state index is 0.151. The van der Waals surface area contributed by atoms with E-state index in [1.54, 1.807) is 0 Å². The van der Waals surface area contributed by atoms with Crippen molar-refractivity contribution in [3.05, 3.63) is 635 Å². The Hall–Kier alpha value is -16.9. The van der Waals surface area contributed by atoms with E-state index in [0.29, 0.717) is 0 Å². The van der Waals surface area contributed by atoms with E-state index in [-0.39, 0.29) is 16.2 Å². The molecule has 0 saturated carbocycles. The predicted molar refractivity (Wildman–Crippen MR) is 629 cm³/mol. The Morgan fingerprint density at radius 2 is 0.432 bits per heavy atom. The fourth-order valence-electron chi connectivity index (χ4n) is 20.7. The summed E-state index contributed by atoms with van der Waals surface area (Å²) < 4.78 is 0. The normalized spacial score (nSPS) is 11.7. The lowest BCUT2D eigenvalue weighted by molar-refractivity contribution is 0.590. The number of hydrogen-bond donors (Lipinski definition) is 0. The van der Waals surface area contributed by atoms with Crippen LogP contribution >= 0.6 is 0 Å². The van der Waals surface area contributed by atoms with Crippen molar-refractivity contribution in [1.29, 1.82) is 0 Å². The van der Waals surface area contributed by atoms with Crippen LogP contribution in [0.4, 0.5) is 0 Å². The molecule has 0 aliphatic heterocycles. The molecule has 0 unspecified atom stereocenters. The standard InChI is InChI=1S/C26H20.3C19H16.C17H14.C17H20.C16H16.C13H12/c1-19-11-10-18-24-25(19)22-16-8-9-17-23(22)26(24,20-12-4-2-5-13-20)21-14-6-3-7-15-21;1-15-14-18(16-8-4-2-5-9-16)12-13-19(15)17-10-6-3-7-11-17;1-15-12-13-18(16-8-4-2-5-9-16)14-19(15)17-10-6-3-7-11-17;1-15-7-5-6-10-19(15)18-13-11-17(12-14-18)16-8-3-2-4-9-16;1-13-11-12-14-7-5-6-10-16(14)17(13)15-8-3-2-4-9-15;1-13-7-5-6-8-16(13)14-9-11-15(12-10-14)17(2,3)4;1-11-7-6-10-14-15(11)12-8-4-5-9-13(12)16(14,2)3;1-11-7-5-6-10-13(11)12-8-3-2-4-9-12/h2-18H,1H3;3*2-14H,1H3;2-12H,1H3;5-12H,1-4H3;4-10H,1-3H3;2-10H,1H3. The van der Waals surface area contributed by atoms with Gasteiger partial charge in [0.05, 0.1) is 5.41 Å². The highest BCUT2D eigenvalue weighted by atomic mass is 14.5. The molecule has 714 valence electrons. The van der Waals surface area contributed by atoms with Crippen molar-refractivity contribution in [2.24, 2.45) is 0 Å². The van der Waals surface area contributed by atoms with Gasteiger partial charge in [-0.25, -0.2) is 0 Å². The molecule has 22 aromatic carbocycles. The molecule has 24 rings (SSSR count). The number of rotatable bonds is 11. The Morgan fingerprint density at radius 1 is 0.158 bits per heavy atom. The van der Waals surface area contributed by atoms with E-state index in [9.17, 15) is 0 Å². The Bertz CT molecular complexity index is 7980. The fraction of sp³-hybridized carbons (Fsp3) is 0.110. The van der Waals surface area contributed by atoms with Gasteiger partial charge in [0.15, 0.2) is 0 Å². The molecular formula is C146H130. The monoisotopic (exact) mass is 1880 g/mol. The highest BCUT2D eigenvalue weighted by molar-refractivity contribution is 5.98. The molecule has 0 saturated heterocycles. The van der Waals surface area contributed by atoms with Crippen LogP contribution in [-0.4, -0.2) is 0 Å². The van der Waals surface area contributed by atoms with E-state index in [2.05, 4.69) is 630 Å². The van der Waals surface area contributed by atoms with Crippen LogP contribution in [0.3, 0.4) is 0 Å². The van der Waals surface area contributed by atoms with Gasteiger partial charge in [-0.15, -0.1) is 0 Å². The lowest BCUT2D eigenvalue weighted by Gasteiger charge is -2.33. The van der Waals surface area contributed by atoms with Gasteiger partial charge >= 0.3 is 0 Å². The van der Waals surface area contributed by atoms with Crippen LogP contribution < -0.4 is 0 Å². The second-order valence-corrected chi connectivity index (χ2v) is 39.6. The molecule has 0 aromatic heterocycles. The molecule has 0 atom stereocenters. The molecule has 22 aromatic rings. The van der Waals surface area contributed by atoms with Crippen molar-refractivity contribution in [2.75, 3.05) is 0 Å². The molecule has 0 radical (unpaired) electrons. The summed E-state index contributed by atoms with van der Waals surface area (Å²) in [6.45, 7) is 28.8. The van der Waals surface area contributed by atoms with Gasteiger partial charge < -0.3 is 0 Å². The van der Waals surface area contributed by atoms with E-state index in [1.807, 2.05) is 12.1 Å². The summed E-state index contributed by atoms with van der Waals surface area (Å²) in [6.07, 6.45) is 0. The first kappa shape index (κ1) is 101. The van der Waals surface area contributed by atoms with Crippen LogP contribution in [0, 0.1) is 55.4 Å². The van der Waals surface area contributed by atoms with E-state index in [4.69, 9.17) is 0 Å². The fourth-order valence-corrected chi connectivity index (χ4v) is 20.7. The van der Waals surface area contributed by atoms with Crippen LogP contribution in [0.2, 0.25) is 0 Å². The summed E-state index contributed by atoms with van der Waals surface area (Å²) in [4.78, 5) is 0. The van der Waals surface area contributed by atoms with Crippen molar-refractivity contribution < 1.29 is 0 Å². The molecule has 0 nitrogen and oxygen atoms in total. The summed E-state index contributed by atoms with van der Waals surface area (Å²) >= 11 is 0. The quantitative estimate of drug-likeness (QED) is 0.121. The third kappa shape index (κ3) is 23.4. The van der Waals surface area contributed by atoms with Gasteiger partial charge in [0.1, 0.15) is 0 Å². The highest BCUT2D eigenvalue weighted by Gasteiger charge is 2.46. The Balaban J connectivity index is 0.000000115. The summed E-state index contributed by atoms with van der Waals surface area (Å²) in [7, 11) is 0. The molecule has 0 spiro atoms. The van der Waals surface area contributed by atoms with Crippen molar-refractivity contribution in [1.82, 2.24) is 0 Å². The number of aryl methyl sites for hydroxylation is 8. The average molecular weight is 1880 g/mol. The van der Waals surface area contributed by atoms with E-state index in [1.165, 1.54) is 217 Å². The minimum Gasteiger partial charge on any atom is -0.0622 e. The molecular weight excluding hydrogens is 1750 g/mol. The van der Waals surface area contributed by atoms with Crippen molar-refractivity contribution in [2.45, 2.75) is 106 Å². The van der Waals surface area contributed by atoms with Gasteiger partial charge in [-0.2, -0.15) is 0 Å². The molecule has 146 heavy (non-hydrogen) atoms. The first-order chi connectivity index (χ1) is 71.2. The summed E-state index contributed by atoms with van der Waals surface area (Å²) in [5.41, 5.74) is 49.3. The topological polar surface area (TPSA) is 0 Å². The summed E-state index contributed by atoms with van der Waals surface area (Å²) in [5, 5.41) is 2.63. The Morgan fingerprint density at radius 3 is 0.877 bits per heavy atom. The maximum atomic E-state index is 2.32. The lowest BCUT2D eigenvalue weighted by Crippen LogP contribution is -2.28. The van der Waals surface area contributed by atoms with Crippen LogP contribution in [0.1, 0.15) is 118 Å². The second-order valence-electron chi connectivity index (χ2n) is 39.6. The lowest BCUT2D eigenvalue weighted by atomic mass is 9.67. The van der Waals surface area contributed by atoms with Gasteiger partial charge in [0, 0.05) is 5.41 Å². The van der Waals surface area contributed by atoms with Crippen LogP contribution in [0.25, 0.3) is 133 Å². The zero-order chi connectivity index (χ0) is 101. The average Bonchev–Trinajstić information content (AvgIpc) is 1.53. The molecule has 0 N–H and O–H groups in total. The maximum absolute atomic E-state index is 2.32. The predicted octanol–water partition coefficient (Wildman–Crippen LogP) is 40.1. The van der Waals surface area contributed by atoms with Gasteiger partial charge in [-0.05, 0) is 283 Å². The Labute approximate surface area is 868 Å². The highest BCUT2D eigenvalue weighted by Crippen LogP contribution is 2.57. The van der Waals surface area contributed by atoms with Gasteiger partial charge in [-0.1, -0.05) is 581 Å². The van der Waals surface area contributed by atoms with Gasteiger partial charge in [0.25, 0.3) is 0 Å². The third-order valence-electron chi connectivity index (χ3n) is 28.4. The zero-order valence-electron chi connectivity index (χ0n) is 86.5.